The van der Waals surface area contributed by atoms with Crippen LogP contribution in [0.15, 0.2) is 54.6 Å². The Hall–Kier alpha value is -3.71. The third kappa shape index (κ3) is 5.21. The Balaban J connectivity index is 2.06. The van der Waals surface area contributed by atoms with Crippen LogP contribution in [0.4, 0.5) is 10.1 Å². The Bertz CT molecular complexity index is 1170. The van der Waals surface area contributed by atoms with Gasteiger partial charge in [0.05, 0.1) is 17.9 Å². The minimum Gasteiger partial charge on any atom is -0.489 e. The van der Waals surface area contributed by atoms with Crippen LogP contribution in [0.2, 0.25) is 0 Å². The van der Waals surface area contributed by atoms with E-state index in [1.165, 1.54) is 11.0 Å². The molecule has 0 fully saturated rings. The first-order valence-corrected chi connectivity index (χ1v) is 10.4. The van der Waals surface area contributed by atoms with Crippen molar-refractivity contribution in [2.75, 3.05) is 32.3 Å². The molecule has 0 heterocycles. The zero-order valence-electron chi connectivity index (χ0n) is 19.1. The van der Waals surface area contributed by atoms with Crippen molar-refractivity contribution in [3.8, 4) is 16.9 Å². The van der Waals surface area contributed by atoms with Gasteiger partial charge in [0.2, 0.25) is 5.91 Å². The van der Waals surface area contributed by atoms with Gasteiger partial charge in [-0.1, -0.05) is 24.3 Å². The molecule has 0 unspecified atom stereocenters. The number of ether oxygens (including phenoxy) is 2. The second-order valence-electron chi connectivity index (χ2n) is 7.71. The number of nitrogens with zero attached hydrogens (tertiary/aromatic N) is 1. The molecular formula is C26H27FN2O4. The zero-order valence-corrected chi connectivity index (χ0v) is 19.1. The van der Waals surface area contributed by atoms with Crippen molar-refractivity contribution in [2.45, 2.75) is 13.8 Å². The predicted molar refractivity (Wildman–Crippen MR) is 126 cm³/mol. The van der Waals surface area contributed by atoms with Crippen LogP contribution in [-0.4, -0.2) is 39.2 Å². The van der Waals surface area contributed by atoms with Gasteiger partial charge >= 0.3 is 0 Å². The third-order valence-electron chi connectivity index (χ3n) is 5.44. The summed E-state index contributed by atoms with van der Waals surface area (Å²) in [6.07, 6.45) is 0. The Morgan fingerprint density at radius 2 is 1.76 bits per heavy atom. The van der Waals surface area contributed by atoms with E-state index in [9.17, 15) is 14.0 Å². The fourth-order valence-electron chi connectivity index (χ4n) is 3.58. The summed E-state index contributed by atoms with van der Waals surface area (Å²) in [7, 11) is 3.14. The van der Waals surface area contributed by atoms with E-state index in [4.69, 9.17) is 15.2 Å². The van der Waals surface area contributed by atoms with Crippen LogP contribution >= 0.6 is 0 Å². The molecule has 0 aliphatic heterocycles. The second-order valence-corrected chi connectivity index (χ2v) is 7.71. The molecule has 0 bridgehead atoms. The summed E-state index contributed by atoms with van der Waals surface area (Å²) in [6.45, 7) is 4.23. The van der Waals surface area contributed by atoms with Crippen molar-refractivity contribution in [2.24, 2.45) is 5.73 Å². The number of anilines is 1. The normalized spacial score (nSPS) is 10.7. The van der Waals surface area contributed by atoms with Crippen LogP contribution in [0.1, 0.15) is 31.8 Å². The molecule has 3 aromatic rings. The molecule has 0 radical (unpaired) electrons. The average Bonchev–Trinajstić information content (AvgIpc) is 2.78. The highest BCUT2D eigenvalue weighted by molar-refractivity contribution is 6.07. The van der Waals surface area contributed by atoms with Crippen molar-refractivity contribution in [1.29, 1.82) is 0 Å². The first-order chi connectivity index (χ1) is 15.7. The van der Waals surface area contributed by atoms with Crippen LogP contribution < -0.4 is 15.4 Å². The molecule has 33 heavy (non-hydrogen) atoms. The number of amides is 2. The molecule has 2 N–H and O–H groups in total. The van der Waals surface area contributed by atoms with E-state index < -0.39 is 17.6 Å². The number of hydrogen-bond donors (Lipinski definition) is 1. The number of carbonyl (C=O) groups excluding carboxylic acids is 2. The highest BCUT2D eigenvalue weighted by atomic mass is 19.1. The average molecular weight is 451 g/mol. The molecule has 0 saturated carbocycles. The summed E-state index contributed by atoms with van der Waals surface area (Å²) in [4.78, 5) is 26.2. The van der Waals surface area contributed by atoms with Gasteiger partial charge in [0.25, 0.3) is 5.91 Å². The van der Waals surface area contributed by atoms with Crippen molar-refractivity contribution in [3.05, 3.63) is 82.7 Å². The molecule has 0 atom stereocenters. The van der Waals surface area contributed by atoms with Crippen molar-refractivity contribution in [3.63, 3.8) is 0 Å². The number of hydrogen-bond acceptors (Lipinski definition) is 4. The molecule has 6 nitrogen and oxygen atoms in total. The first-order valence-electron chi connectivity index (χ1n) is 10.4. The van der Waals surface area contributed by atoms with Crippen molar-refractivity contribution in [1.82, 2.24) is 0 Å². The lowest BCUT2D eigenvalue weighted by Crippen LogP contribution is -2.28. The quantitative estimate of drug-likeness (QED) is 0.512. The largest absolute Gasteiger partial charge is 0.489 e. The van der Waals surface area contributed by atoms with Gasteiger partial charge in [-0.05, 0) is 66.4 Å². The molecule has 0 aliphatic rings. The van der Waals surface area contributed by atoms with E-state index in [-0.39, 0.29) is 12.2 Å². The van der Waals surface area contributed by atoms with Gasteiger partial charge in [0, 0.05) is 19.7 Å². The number of benzene rings is 3. The number of carbonyl (C=O) groups is 2. The van der Waals surface area contributed by atoms with Crippen molar-refractivity contribution >= 4 is 17.5 Å². The summed E-state index contributed by atoms with van der Waals surface area (Å²) in [6, 6.07) is 15.1. The number of rotatable bonds is 8. The number of nitrogens with two attached hydrogens (primary N) is 1. The van der Waals surface area contributed by atoms with Crippen LogP contribution in [0.3, 0.4) is 0 Å². The standard InChI is InChI=1S/C26H27FN2O4/c1-16-8-9-19(25(28)30)14-20(16)18-10-11-22(23(15-18)33-13-12-32-4)29(3)26(31)24-17(2)6-5-7-21(24)27/h5-11,14-15H,12-13H2,1-4H3,(H2,28,30). The van der Waals surface area contributed by atoms with E-state index in [2.05, 4.69) is 0 Å². The lowest BCUT2D eigenvalue weighted by atomic mass is 9.97. The maximum Gasteiger partial charge on any atom is 0.261 e. The maximum absolute atomic E-state index is 14.4. The second kappa shape index (κ2) is 10.3. The van der Waals surface area contributed by atoms with Crippen LogP contribution in [0.5, 0.6) is 5.75 Å². The molecule has 7 heteroatoms. The molecule has 0 aromatic heterocycles. The lowest BCUT2D eigenvalue weighted by Gasteiger charge is -2.23. The van der Waals surface area contributed by atoms with E-state index >= 15 is 0 Å². The number of aryl methyl sites for hydroxylation is 2. The molecule has 3 aromatic carbocycles. The fourth-order valence-corrected chi connectivity index (χ4v) is 3.58. The third-order valence-corrected chi connectivity index (χ3v) is 5.44. The van der Waals surface area contributed by atoms with E-state index in [0.717, 1.165) is 16.7 Å². The summed E-state index contributed by atoms with van der Waals surface area (Å²) < 4.78 is 25.4. The maximum atomic E-state index is 14.4. The summed E-state index contributed by atoms with van der Waals surface area (Å²) in [5, 5.41) is 0. The van der Waals surface area contributed by atoms with Gasteiger partial charge in [-0.25, -0.2) is 4.39 Å². The van der Waals surface area contributed by atoms with Crippen molar-refractivity contribution < 1.29 is 23.5 Å². The minimum absolute atomic E-state index is 0.0110. The minimum atomic E-state index is -0.579. The monoisotopic (exact) mass is 450 g/mol. The number of primary amides is 1. The number of methoxy groups -OCH3 is 1. The van der Waals surface area contributed by atoms with Crippen LogP contribution in [-0.2, 0) is 4.74 Å². The lowest BCUT2D eigenvalue weighted by molar-refractivity contribution is 0.0983. The fraction of sp³-hybridized carbons (Fsp3) is 0.231. The zero-order chi connectivity index (χ0) is 24.1. The van der Waals surface area contributed by atoms with Gasteiger partial charge in [0.15, 0.2) is 0 Å². The van der Waals surface area contributed by atoms with E-state index in [0.29, 0.717) is 29.2 Å². The van der Waals surface area contributed by atoms with Crippen LogP contribution in [0.25, 0.3) is 11.1 Å². The molecule has 0 spiro atoms. The molecular weight excluding hydrogens is 423 g/mol. The van der Waals surface area contributed by atoms with Gasteiger partial charge in [-0.2, -0.15) is 0 Å². The predicted octanol–water partition coefficient (Wildman–Crippen LogP) is 4.51. The van der Waals surface area contributed by atoms with Crippen LogP contribution in [0, 0.1) is 19.7 Å². The Kier molecular flexibility index (Phi) is 7.45. The Labute approximate surface area is 192 Å². The summed E-state index contributed by atoms with van der Waals surface area (Å²) >= 11 is 0. The topological polar surface area (TPSA) is 81.9 Å². The van der Waals surface area contributed by atoms with Gasteiger partial charge in [-0.15, -0.1) is 0 Å². The Morgan fingerprint density at radius 3 is 2.42 bits per heavy atom. The van der Waals surface area contributed by atoms with Gasteiger partial charge in [0.1, 0.15) is 18.2 Å². The first kappa shape index (κ1) is 23.9. The highest BCUT2D eigenvalue weighted by Gasteiger charge is 2.22. The smallest absolute Gasteiger partial charge is 0.261 e. The van der Waals surface area contributed by atoms with Gasteiger partial charge in [-0.3, -0.25) is 9.59 Å². The molecule has 2 amide bonds. The Morgan fingerprint density at radius 1 is 1.00 bits per heavy atom. The SMILES string of the molecule is COCCOc1cc(-c2cc(C(N)=O)ccc2C)ccc1N(C)C(=O)c1c(C)cccc1F. The summed E-state index contributed by atoms with van der Waals surface area (Å²) in [5.41, 5.74) is 9.42. The number of halogens is 1. The molecule has 0 aliphatic carbocycles. The highest BCUT2D eigenvalue weighted by Crippen LogP contribution is 2.35. The van der Waals surface area contributed by atoms with E-state index in [1.807, 2.05) is 19.1 Å². The van der Waals surface area contributed by atoms with E-state index in [1.54, 1.807) is 57.5 Å². The molecule has 172 valence electrons. The molecule has 3 rings (SSSR count). The molecule has 0 saturated heterocycles. The van der Waals surface area contributed by atoms with Gasteiger partial charge < -0.3 is 20.1 Å². The summed E-state index contributed by atoms with van der Waals surface area (Å²) in [5.74, 6) is -1.15.